The van der Waals surface area contributed by atoms with Crippen LogP contribution in [-0.4, -0.2) is 43.4 Å². The van der Waals surface area contributed by atoms with E-state index in [1.807, 2.05) is 0 Å². The maximum Gasteiger partial charge on any atom is 0.362 e. The van der Waals surface area contributed by atoms with E-state index in [-0.39, 0.29) is 16.8 Å². The lowest BCUT2D eigenvalue weighted by Gasteiger charge is -2.15. The molecular formula is C7H16N6O5S. The van der Waals surface area contributed by atoms with Crippen molar-refractivity contribution in [1.29, 1.82) is 5.41 Å². The van der Waals surface area contributed by atoms with Gasteiger partial charge in [0.15, 0.2) is 5.96 Å². The summed E-state index contributed by atoms with van der Waals surface area (Å²) in [6, 6.07) is -2.58. The largest absolute Gasteiger partial charge is 0.370 e. The molecule has 12 heteroatoms. The van der Waals surface area contributed by atoms with Crippen LogP contribution in [0, 0.1) is 5.41 Å². The van der Waals surface area contributed by atoms with Crippen LogP contribution in [-0.2, 0) is 20.5 Å². The molecule has 19 heavy (non-hydrogen) atoms. The average Bonchev–Trinajstić information content (AvgIpc) is 2.29. The zero-order chi connectivity index (χ0) is 15.0. The first kappa shape index (κ1) is 16.9. The number of nitrogens with two attached hydrogens (primary N) is 3. The number of hydrogen-bond donors (Lipinski definition) is 6. The Hall–Kier alpha value is -2.08. The van der Waals surface area contributed by atoms with E-state index >= 15 is 0 Å². The number of amides is 2. The predicted molar refractivity (Wildman–Crippen MR) is 65.0 cm³/mol. The van der Waals surface area contributed by atoms with Crippen molar-refractivity contribution in [3.63, 3.8) is 0 Å². The monoisotopic (exact) mass is 296 g/mol. The minimum absolute atomic E-state index is 0.140. The third-order valence-corrected chi connectivity index (χ3v) is 2.40. The first-order valence-corrected chi connectivity index (χ1v) is 6.18. The van der Waals surface area contributed by atoms with E-state index in [4.69, 9.17) is 16.9 Å². The second kappa shape index (κ2) is 8.10. The number of rotatable bonds is 6. The molecule has 0 aromatic carbocycles. The van der Waals surface area contributed by atoms with Gasteiger partial charge in [-0.2, -0.15) is 0 Å². The molecule has 11 nitrogen and oxygen atoms in total. The van der Waals surface area contributed by atoms with Crippen LogP contribution in [0.15, 0.2) is 0 Å². The Morgan fingerprint density at radius 2 is 1.95 bits per heavy atom. The van der Waals surface area contributed by atoms with Gasteiger partial charge < -0.3 is 27.4 Å². The predicted octanol–water partition coefficient (Wildman–Crippen LogP) is -3.06. The fourth-order valence-corrected chi connectivity index (χ4v) is 1.28. The van der Waals surface area contributed by atoms with Gasteiger partial charge in [0.1, 0.15) is 6.04 Å². The molecule has 0 radical (unpaired) electrons. The topological polar surface area (TPSA) is 195 Å². The second-order valence-electron chi connectivity index (χ2n) is 3.35. The van der Waals surface area contributed by atoms with Crippen molar-refractivity contribution in [3.05, 3.63) is 0 Å². The molecule has 2 amide bonds. The van der Waals surface area contributed by atoms with Gasteiger partial charge in [-0.3, -0.25) is 5.41 Å². The summed E-state index contributed by atoms with van der Waals surface area (Å²) in [4.78, 5) is 26.2. The molecule has 8 N–H and O–H groups in total. The van der Waals surface area contributed by atoms with E-state index < -0.39 is 28.9 Å². The quantitative estimate of drug-likeness (QED) is 0.0976. The first-order chi connectivity index (χ1) is 8.75. The summed E-state index contributed by atoms with van der Waals surface area (Å²) in [5, 5.41) is 9.36. The lowest BCUT2D eigenvalue weighted by molar-refractivity contribution is -0.163. The van der Waals surface area contributed by atoms with Crippen LogP contribution in [0.4, 0.5) is 4.79 Å². The van der Waals surface area contributed by atoms with E-state index in [2.05, 4.69) is 15.9 Å². The number of carbonyl (C=O) groups is 2. The van der Waals surface area contributed by atoms with E-state index in [0.717, 1.165) is 0 Å². The number of nitrogens with one attached hydrogen (secondary N) is 2. The molecule has 0 unspecified atom stereocenters. The molecule has 0 saturated carbocycles. The maximum atomic E-state index is 11.3. The summed E-state index contributed by atoms with van der Waals surface area (Å²) in [7, 11) is -3.48. The van der Waals surface area contributed by atoms with Gasteiger partial charge in [0.05, 0.1) is 0 Å². The van der Waals surface area contributed by atoms with Crippen molar-refractivity contribution in [2.45, 2.75) is 18.9 Å². The van der Waals surface area contributed by atoms with Gasteiger partial charge in [0, 0.05) is 6.54 Å². The average molecular weight is 296 g/mol. The van der Waals surface area contributed by atoms with Gasteiger partial charge in [-0.25, -0.2) is 18.0 Å². The molecule has 0 bridgehead atoms. The summed E-state index contributed by atoms with van der Waals surface area (Å²) in [5.74, 6) is -1.33. The third-order valence-electron chi connectivity index (χ3n) is 1.82. The molecule has 0 aromatic rings. The number of carbonyl (C=O) groups excluding carboxylic acids is 2. The van der Waals surface area contributed by atoms with Crippen molar-refractivity contribution in [2.75, 3.05) is 6.54 Å². The number of primary amides is 1. The highest BCUT2D eigenvalue weighted by atomic mass is 32.2. The molecule has 0 aromatic heterocycles. The highest BCUT2D eigenvalue weighted by Crippen LogP contribution is 1.99. The summed E-state index contributed by atoms with van der Waals surface area (Å²) in [6.45, 7) is 0.311. The van der Waals surface area contributed by atoms with Crippen LogP contribution in [0.25, 0.3) is 0 Å². The minimum atomic E-state index is -3.48. The lowest BCUT2D eigenvalue weighted by atomic mass is 10.2. The maximum absolute atomic E-state index is 11.3. The fraction of sp³-hybridized carbons (Fsp3) is 0.571. The number of urea groups is 1. The zero-order valence-corrected chi connectivity index (χ0v) is 10.8. The van der Waals surface area contributed by atoms with Gasteiger partial charge in [-0.15, -0.1) is 0 Å². The van der Waals surface area contributed by atoms with Crippen molar-refractivity contribution < 1.29 is 22.8 Å². The van der Waals surface area contributed by atoms with Crippen LogP contribution >= 0.6 is 0 Å². The molecule has 0 rings (SSSR count). The molecule has 0 fully saturated rings. The van der Waals surface area contributed by atoms with Crippen LogP contribution in [0.2, 0.25) is 0 Å². The fourth-order valence-electron chi connectivity index (χ4n) is 0.975. The molecule has 0 saturated heterocycles. The van der Waals surface area contributed by atoms with Crippen molar-refractivity contribution in [3.8, 4) is 0 Å². The molecule has 0 spiro atoms. The van der Waals surface area contributed by atoms with Gasteiger partial charge in [0.2, 0.25) is 0 Å². The number of hydroxylamine groups is 1. The SMILES string of the molecule is N=C(N)NCCC[C@H](N)C(=O)ON(C(N)=O)[SH](=O)=O. The molecule has 0 aliphatic heterocycles. The van der Waals surface area contributed by atoms with Crippen molar-refractivity contribution in [1.82, 2.24) is 9.79 Å². The zero-order valence-electron chi connectivity index (χ0n) is 9.87. The molecule has 0 aliphatic rings. The molecule has 1 atom stereocenters. The number of guanidine groups is 1. The second-order valence-corrected chi connectivity index (χ2v) is 4.19. The Labute approximate surface area is 110 Å². The van der Waals surface area contributed by atoms with Crippen LogP contribution < -0.4 is 22.5 Å². The lowest BCUT2D eigenvalue weighted by Crippen LogP contribution is -2.42. The van der Waals surface area contributed by atoms with E-state index in [1.165, 1.54) is 0 Å². The summed E-state index contributed by atoms with van der Waals surface area (Å²) < 4.78 is 20.8. The highest BCUT2D eigenvalue weighted by molar-refractivity contribution is 7.70. The standard InChI is InChI=1S/C7H16N6O5S/c8-4(2-1-3-12-6(9)10)5(14)18-13(7(11)15)19(16)17/h4,19H,1-3,8H2,(H2,11,15)(H4,9,10,12)/t4-/m0/s1. The van der Waals surface area contributed by atoms with Crippen molar-refractivity contribution >= 4 is 28.9 Å². The Kier molecular flexibility index (Phi) is 7.21. The van der Waals surface area contributed by atoms with Gasteiger partial charge >= 0.3 is 12.0 Å². The van der Waals surface area contributed by atoms with E-state index in [0.29, 0.717) is 13.0 Å². The minimum Gasteiger partial charge on any atom is -0.370 e. The molecule has 0 heterocycles. The number of nitrogens with zero attached hydrogens (tertiary/aromatic N) is 1. The normalized spacial score (nSPS) is 11.7. The number of thiol groups is 1. The Morgan fingerprint density at radius 1 is 1.37 bits per heavy atom. The molecule has 110 valence electrons. The number of hydrogen-bond acceptors (Lipinski definition) is 7. The van der Waals surface area contributed by atoms with Gasteiger partial charge in [-0.05, 0) is 17.3 Å². The van der Waals surface area contributed by atoms with Crippen LogP contribution in [0.1, 0.15) is 12.8 Å². The Morgan fingerprint density at radius 3 is 2.37 bits per heavy atom. The third kappa shape index (κ3) is 7.05. The van der Waals surface area contributed by atoms with Gasteiger partial charge in [-0.1, -0.05) is 0 Å². The molecule has 0 aliphatic carbocycles. The Balaban J connectivity index is 4.18. The smallest absolute Gasteiger partial charge is 0.362 e. The first-order valence-electron chi connectivity index (χ1n) is 5.04. The summed E-state index contributed by atoms with van der Waals surface area (Å²) in [6.07, 6.45) is 0.525. The van der Waals surface area contributed by atoms with Crippen LogP contribution in [0.5, 0.6) is 0 Å². The Bertz CT molecular complexity index is 416. The molecular weight excluding hydrogens is 280 g/mol. The van der Waals surface area contributed by atoms with Gasteiger partial charge in [0.25, 0.3) is 10.9 Å². The summed E-state index contributed by atoms with van der Waals surface area (Å²) >= 11 is 0. The highest BCUT2D eigenvalue weighted by Gasteiger charge is 2.23. The van der Waals surface area contributed by atoms with Crippen LogP contribution in [0.3, 0.4) is 0 Å². The van der Waals surface area contributed by atoms with Crippen molar-refractivity contribution in [2.24, 2.45) is 17.2 Å². The van der Waals surface area contributed by atoms with E-state index in [9.17, 15) is 18.0 Å². The summed E-state index contributed by atoms with van der Waals surface area (Å²) in [5.41, 5.74) is 15.1. The van der Waals surface area contributed by atoms with E-state index in [1.54, 1.807) is 0 Å².